The van der Waals surface area contributed by atoms with Gasteiger partial charge in [0.15, 0.2) is 0 Å². The second kappa shape index (κ2) is 4.95. The lowest BCUT2D eigenvalue weighted by Gasteiger charge is -2.26. The molecule has 0 amide bonds. The van der Waals surface area contributed by atoms with E-state index in [0.29, 0.717) is 5.56 Å². The zero-order valence-electron chi connectivity index (χ0n) is 9.77. The normalized spacial score (nSPS) is 13.2. The zero-order valence-corrected chi connectivity index (χ0v) is 9.77. The molecule has 0 fully saturated rings. The lowest BCUT2D eigenvalue weighted by atomic mass is 10.1. The highest BCUT2D eigenvalue weighted by atomic mass is 19.4. The van der Waals surface area contributed by atoms with E-state index >= 15 is 0 Å². The number of rotatable bonds is 3. The largest absolute Gasteiger partial charge is 0.460 e. The number of ether oxygens (including phenoxy) is 1. The predicted molar refractivity (Wildman–Crippen MR) is 52.8 cm³/mol. The summed E-state index contributed by atoms with van der Waals surface area (Å²) in [6, 6.07) is 4.55. The van der Waals surface area contributed by atoms with Gasteiger partial charge in [0.1, 0.15) is 5.75 Å². The Kier molecular flexibility index (Phi) is 4.02. The number of aryl methyl sites for hydroxylation is 1. The first-order valence-corrected chi connectivity index (χ1v) is 5.01. The third-order valence-corrected chi connectivity index (χ3v) is 2.24. The second-order valence-electron chi connectivity index (χ2n) is 3.85. The quantitative estimate of drug-likeness (QED) is 0.483. The highest BCUT2D eigenvalue weighted by Gasteiger charge is 2.77. The summed E-state index contributed by atoms with van der Waals surface area (Å²) < 4.78 is 90.3. The molecule has 1 aromatic rings. The average molecular weight is 304 g/mol. The van der Waals surface area contributed by atoms with Gasteiger partial charge in [0.25, 0.3) is 0 Å². The maximum atomic E-state index is 12.9. The Bertz CT molecular complexity index is 490. The second-order valence-corrected chi connectivity index (χ2v) is 3.85. The Balaban J connectivity index is 2.98. The van der Waals surface area contributed by atoms with E-state index in [1.807, 2.05) is 0 Å². The lowest BCUT2D eigenvalue weighted by Crippen LogP contribution is -2.57. The molecule has 9 heteroatoms. The molecule has 1 aromatic carbocycles. The van der Waals surface area contributed by atoms with Crippen LogP contribution in [0.3, 0.4) is 0 Å². The monoisotopic (exact) mass is 304 g/mol. The standard InChI is InChI=1S/C11H7F7O2/c1-6-2-4-7(5-3-6)20-8(19)9(12,13)10(14,15)11(16,17)18/h2-5H,1H3. The summed E-state index contributed by atoms with van der Waals surface area (Å²) in [7, 11) is 0. The van der Waals surface area contributed by atoms with Crippen molar-refractivity contribution in [3.8, 4) is 5.75 Å². The minimum atomic E-state index is -6.58. The topological polar surface area (TPSA) is 26.3 Å². The highest BCUT2D eigenvalue weighted by molar-refractivity contribution is 5.81. The van der Waals surface area contributed by atoms with Gasteiger partial charge in [-0.05, 0) is 19.1 Å². The maximum absolute atomic E-state index is 12.9. The summed E-state index contributed by atoms with van der Waals surface area (Å²) in [6.07, 6.45) is -6.58. The number of carbonyl (C=O) groups is 1. The van der Waals surface area contributed by atoms with Crippen molar-refractivity contribution in [3.63, 3.8) is 0 Å². The van der Waals surface area contributed by atoms with Crippen LogP contribution in [0.2, 0.25) is 0 Å². The number of halogens is 7. The Morgan fingerprint density at radius 3 is 1.80 bits per heavy atom. The molecule has 0 heterocycles. The predicted octanol–water partition coefficient (Wildman–Crippen LogP) is 3.73. The molecule has 2 nitrogen and oxygen atoms in total. The van der Waals surface area contributed by atoms with E-state index in [4.69, 9.17) is 0 Å². The molecule has 0 aliphatic rings. The third kappa shape index (κ3) is 2.86. The van der Waals surface area contributed by atoms with Gasteiger partial charge in [0.2, 0.25) is 0 Å². The molecule has 0 saturated heterocycles. The Morgan fingerprint density at radius 1 is 0.950 bits per heavy atom. The van der Waals surface area contributed by atoms with Crippen molar-refractivity contribution in [3.05, 3.63) is 29.8 Å². The molecule has 0 bridgehead atoms. The highest BCUT2D eigenvalue weighted by Crippen LogP contribution is 2.47. The molecule has 0 unspecified atom stereocenters. The molecular weight excluding hydrogens is 297 g/mol. The van der Waals surface area contributed by atoms with Crippen molar-refractivity contribution in [2.24, 2.45) is 0 Å². The fourth-order valence-electron chi connectivity index (χ4n) is 1.08. The van der Waals surface area contributed by atoms with Crippen LogP contribution >= 0.6 is 0 Å². The van der Waals surface area contributed by atoms with Gasteiger partial charge in [-0.3, -0.25) is 0 Å². The van der Waals surface area contributed by atoms with Crippen molar-refractivity contribution < 1.29 is 40.3 Å². The summed E-state index contributed by atoms with van der Waals surface area (Å²) in [6.45, 7) is 1.60. The minimum Gasteiger partial charge on any atom is -0.422 e. The minimum absolute atomic E-state index is 0.571. The number of esters is 1. The van der Waals surface area contributed by atoms with Crippen LogP contribution in [0, 0.1) is 6.92 Å². The average Bonchev–Trinajstić information content (AvgIpc) is 2.30. The van der Waals surface area contributed by atoms with Gasteiger partial charge in [-0.1, -0.05) is 17.7 Å². The zero-order chi connectivity index (χ0) is 15.8. The summed E-state index contributed by atoms with van der Waals surface area (Å²) >= 11 is 0. The van der Waals surface area contributed by atoms with Crippen molar-refractivity contribution >= 4 is 5.97 Å². The van der Waals surface area contributed by atoms with Crippen LogP contribution in [0.25, 0.3) is 0 Å². The molecule has 20 heavy (non-hydrogen) atoms. The van der Waals surface area contributed by atoms with E-state index in [2.05, 4.69) is 4.74 Å². The van der Waals surface area contributed by atoms with Crippen LogP contribution in [0.1, 0.15) is 5.56 Å². The van der Waals surface area contributed by atoms with Gasteiger partial charge >= 0.3 is 24.0 Å². The Hall–Kier alpha value is -1.80. The summed E-state index contributed by atoms with van der Waals surface area (Å²) in [5, 5.41) is 0. The van der Waals surface area contributed by atoms with Gasteiger partial charge in [0, 0.05) is 0 Å². The number of carbonyl (C=O) groups excluding carboxylic acids is 1. The molecule has 0 aromatic heterocycles. The molecule has 0 N–H and O–H groups in total. The summed E-state index contributed by atoms with van der Waals surface area (Å²) in [4.78, 5) is 10.9. The fraction of sp³-hybridized carbons (Fsp3) is 0.364. The molecular formula is C11H7F7O2. The van der Waals surface area contributed by atoms with E-state index < -0.39 is 29.7 Å². The number of benzene rings is 1. The molecule has 0 spiro atoms. The van der Waals surface area contributed by atoms with E-state index in [-0.39, 0.29) is 0 Å². The summed E-state index contributed by atoms with van der Waals surface area (Å²) in [5.41, 5.74) is 0.636. The maximum Gasteiger partial charge on any atom is 0.460 e. The SMILES string of the molecule is Cc1ccc(OC(=O)C(F)(F)C(F)(F)C(F)(F)F)cc1. The van der Waals surface area contributed by atoms with Crippen LogP contribution in [-0.4, -0.2) is 24.0 Å². The van der Waals surface area contributed by atoms with Crippen LogP contribution in [-0.2, 0) is 4.79 Å². The fourth-order valence-corrected chi connectivity index (χ4v) is 1.08. The van der Waals surface area contributed by atoms with Gasteiger partial charge in [-0.25, -0.2) is 4.79 Å². The van der Waals surface area contributed by atoms with E-state index in [9.17, 15) is 35.5 Å². The molecule has 0 aliphatic heterocycles. The smallest absolute Gasteiger partial charge is 0.422 e. The van der Waals surface area contributed by atoms with Crippen LogP contribution < -0.4 is 4.74 Å². The van der Waals surface area contributed by atoms with Gasteiger partial charge in [0.05, 0.1) is 0 Å². The van der Waals surface area contributed by atoms with Crippen molar-refractivity contribution in [2.45, 2.75) is 24.9 Å². The first-order chi connectivity index (χ1) is 8.89. The van der Waals surface area contributed by atoms with E-state index in [1.54, 1.807) is 6.92 Å². The Morgan fingerprint density at radius 2 is 1.40 bits per heavy atom. The third-order valence-electron chi connectivity index (χ3n) is 2.24. The Labute approximate surface area is 108 Å². The van der Waals surface area contributed by atoms with E-state index in [0.717, 1.165) is 12.1 Å². The number of hydrogen-bond acceptors (Lipinski definition) is 2. The molecule has 0 atom stereocenters. The van der Waals surface area contributed by atoms with Gasteiger partial charge in [-0.15, -0.1) is 0 Å². The van der Waals surface area contributed by atoms with Crippen molar-refractivity contribution in [2.75, 3.05) is 0 Å². The van der Waals surface area contributed by atoms with Crippen molar-refractivity contribution in [1.82, 2.24) is 0 Å². The molecule has 0 saturated carbocycles. The van der Waals surface area contributed by atoms with Crippen molar-refractivity contribution in [1.29, 1.82) is 0 Å². The molecule has 112 valence electrons. The van der Waals surface area contributed by atoms with Crippen LogP contribution in [0.15, 0.2) is 24.3 Å². The first kappa shape index (κ1) is 16.3. The van der Waals surface area contributed by atoms with E-state index in [1.165, 1.54) is 12.1 Å². The lowest BCUT2D eigenvalue weighted by molar-refractivity contribution is -0.346. The number of hydrogen-bond donors (Lipinski definition) is 0. The van der Waals surface area contributed by atoms with Crippen LogP contribution in [0.5, 0.6) is 5.75 Å². The van der Waals surface area contributed by atoms with Crippen LogP contribution in [0.4, 0.5) is 30.7 Å². The molecule has 0 aliphatic carbocycles. The van der Waals surface area contributed by atoms with Gasteiger partial charge in [-0.2, -0.15) is 30.7 Å². The summed E-state index contributed by atoms with van der Waals surface area (Å²) in [5.74, 6) is -16.1. The molecule has 1 rings (SSSR count). The van der Waals surface area contributed by atoms with Gasteiger partial charge < -0.3 is 4.74 Å². The first-order valence-electron chi connectivity index (χ1n) is 5.01. The number of alkyl halides is 7. The molecule has 0 radical (unpaired) electrons.